The summed E-state index contributed by atoms with van der Waals surface area (Å²) in [6, 6.07) is 3.66. The minimum Gasteiger partial charge on any atom is -0.236 e. The molecule has 0 atom stereocenters. The van der Waals surface area contributed by atoms with Gasteiger partial charge in [0.2, 0.25) is 0 Å². The molecule has 4 nitrogen and oxygen atoms in total. The van der Waals surface area contributed by atoms with Gasteiger partial charge in [0.1, 0.15) is 11.6 Å². The Morgan fingerprint density at radius 1 is 1.58 bits per heavy atom. The van der Waals surface area contributed by atoms with Crippen LogP contribution in [0.1, 0.15) is 5.56 Å². The molecule has 2 rings (SSSR count). The van der Waals surface area contributed by atoms with Gasteiger partial charge in [-0.1, -0.05) is 11.6 Å². The first kappa shape index (κ1) is 7.07. The molecular weight excluding hydrogens is 176 g/mol. The van der Waals surface area contributed by atoms with Crippen LogP contribution in [0.2, 0.25) is 5.15 Å². The van der Waals surface area contributed by atoms with Gasteiger partial charge >= 0.3 is 0 Å². The minimum absolute atomic E-state index is 0.191. The van der Waals surface area contributed by atoms with E-state index in [1.165, 1.54) is 4.52 Å². The van der Waals surface area contributed by atoms with Crippen LogP contribution in [0, 0.1) is 11.3 Å². The predicted octanol–water partition coefficient (Wildman–Crippen LogP) is 1.25. The fraction of sp³-hybridized carbons (Fsp3) is 0. The second kappa shape index (κ2) is 2.47. The van der Waals surface area contributed by atoms with Gasteiger partial charge in [0.15, 0.2) is 10.8 Å². The largest absolute Gasteiger partial charge is 0.236 e. The van der Waals surface area contributed by atoms with Gasteiger partial charge < -0.3 is 0 Å². The van der Waals surface area contributed by atoms with Crippen LogP contribution >= 0.6 is 11.6 Å². The number of nitriles is 1. The van der Waals surface area contributed by atoms with Gasteiger partial charge in [-0.15, -0.1) is 0 Å². The number of rotatable bonds is 0. The molecule has 0 N–H and O–H groups in total. The highest BCUT2D eigenvalue weighted by Crippen LogP contribution is 2.16. The van der Waals surface area contributed by atoms with E-state index >= 15 is 0 Å². The molecule has 2 aromatic heterocycles. The summed E-state index contributed by atoms with van der Waals surface area (Å²) < 4.78 is 1.47. The van der Waals surface area contributed by atoms with E-state index in [-0.39, 0.29) is 5.15 Å². The third kappa shape index (κ3) is 0.840. The SMILES string of the molecule is N#Cc1c(Cl)nn2cccnc12. The van der Waals surface area contributed by atoms with Crippen LogP contribution in [-0.2, 0) is 0 Å². The Morgan fingerprint density at radius 2 is 2.42 bits per heavy atom. The lowest BCUT2D eigenvalue weighted by molar-refractivity contribution is 0.940. The average Bonchev–Trinajstić information content (AvgIpc) is 2.40. The summed E-state index contributed by atoms with van der Waals surface area (Å²) in [5, 5.41) is 12.7. The summed E-state index contributed by atoms with van der Waals surface area (Å²) in [4.78, 5) is 3.97. The van der Waals surface area contributed by atoms with Crippen LogP contribution in [-0.4, -0.2) is 14.6 Å². The molecule has 0 fully saturated rings. The topological polar surface area (TPSA) is 54.0 Å². The van der Waals surface area contributed by atoms with Gasteiger partial charge in [0, 0.05) is 12.4 Å². The molecule has 5 heteroatoms. The van der Waals surface area contributed by atoms with Crippen LogP contribution < -0.4 is 0 Å². The summed E-state index contributed by atoms with van der Waals surface area (Å²) in [6.07, 6.45) is 3.28. The molecule has 0 aromatic carbocycles. The fourth-order valence-electron chi connectivity index (χ4n) is 0.956. The molecule has 0 aliphatic heterocycles. The number of fused-ring (bicyclic) bond motifs is 1. The summed E-state index contributed by atoms with van der Waals surface area (Å²) in [5.74, 6) is 0. The van der Waals surface area contributed by atoms with Gasteiger partial charge in [-0.05, 0) is 6.07 Å². The number of aromatic nitrogens is 3. The Hall–Kier alpha value is -1.60. The zero-order chi connectivity index (χ0) is 8.55. The predicted molar refractivity (Wildman–Crippen MR) is 42.7 cm³/mol. The van der Waals surface area contributed by atoms with Crippen LogP contribution in [0.3, 0.4) is 0 Å². The van der Waals surface area contributed by atoms with Crippen molar-refractivity contribution in [3.05, 3.63) is 29.2 Å². The van der Waals surface area contributed by atoms with Gasteiger partial charge in [0.05, 0.1) is 0 Å². The quantitative estimate of drug-likeness (QED) is 0.610. The Balaban J connectivity index is 2.93. The average molecular weight is 179 g/mol. The zero-order valence-electron chi connectivity index (χ0n) is 5.90. The fourth-order valence-corrected chi connectivity index (χ4v) is 1.16. The van der Waals surface area contributed by atoms with Crippen molar-refractivity contribution in [1.29, 1.82) is 5.26 Å². The van der Waals surface area contributed by atoms with Crippen molar-refractivity contribution in [2.75, 3.05) is 0 Å². The third-order valence-electron chi connectivity index (χ3n) is 1.46. The van der Waals surface area contributed by atoms with Crippen LogP contribution in [0.4, 0.5) is 0 Å². The molecule has 0 aliphatic rings. The van der Waals surface area contributed by atoms with Crippen molar-refractivity contribution in [3.63, 3.8) is 0 Å². The Morgan fingerprint density at radius 3 is 3.17 bits per heavy atom. The van der Waals surface area contributed by atoms with E-state index in [4.69, 9.17) is 16.9 Å². The number of hydrogen-bond donors (Lipinski definition) is 0. The second-order valence-corrected chi connectivity index (χ2v) is 2.52. The van der Waals surface area contributed by atoms with E-state index in [9.17, 15) is 0 Å². The standard InChI is InChI=1S/C7H3ClN4/c8-6-5(4-9)7-10-2-1-3-12(7)11-6/h1-3H. The molecule has 0 aliphatic carbocycles. The van der Waals surface area contributed by atoms with Crippen molar-refractivity contribution >= 4 is 17.2 Å². The molecule has 0 bridgehead atoms. The van der Waals surface area contributed by atoms with E-state index in [1.54, 1.807) is 18.5 Å². The molecule has 58 valence electrons. The van der Waals surface area contributed by atoms with E-state index in [0.717, 1.165) is 0 Å². The summed E-state index contributed by atoms with van der Waals surface area (Å²) in [5.41, 5.74) is 0.808. The van der Waals surface area contributed by atoms with Crippen molar-refractivity contribution in [2.24, 2.45) is 0 Å². The maximum Gasteiger partial charge on any atom is 0.174 e. The highest BCUT2D eigenvalue weighted by Gasteiger charge is 2.09. The molecule has 0 amide bonds. The molecule has 0 saturated carbocycles. The normalized spacial score (nSPS) is 10.0. The maximum absolute atomic E-state index is 8.68. The van der Waals surface area contributed by atoms with Crippen molar-refractivity contribution in [1.82, 2.24) is 14.6 Å². The Kier molecular flexibility index (Phi) is 1.45. The first-order valence-corrected chi connectivity index (χ1v) is 3.59. The van der Waals surface area contributed by atoms with Crippen LogP contribution in [0.15, 0.2) is 18.5 Å². The molecule has 0 spiro atoms. The maximum atomic E-state index is 8.68. The third-order valence-corrected chi connectivity index (χ3v) is 1.73. The van der Waals surface area contributed by atoms with Crippen molar-refractivity contribution in [2.45, 2.75) is 0 Å². The monoisotopic (exact) mass is 178 g/mol. The molecule has 2 heterocycles. The lowest BCUT2D eigenvalue weighted by Crippen LogP contribution is -1.87. The lowest BCUT2D eigenvalue weighted by atomic mass is 10.4. The first-order valence-electron chi connectivity index (χ1n) is 3.22. The van der Waals surface area contributed by atoms with Crippen LogP contribution in [0.25, 0.3) is 5.65 Å². The molecule has 0 saturated heterocycles. The summed E-state index contributed by atoms with van der Waals surface area (Å²) >= 11 is 5.67. The van der Waals surface area contributed by atoms with E-state index in [0.29, 0.717) is 11.2 Å². The minimum atomic E-state index is 0.191. The van der Waals surface area contributed by atoms with Crippen molar-refractivity contribution < 1.29 is 0 Å². The zero-order valence-corrected chi connectivity index (χ0v) is 6.65. The van der Waals surface area contributed by atoms with Gasteiger partial charge in [-0.2, -0.15) is 10.4 Å². The molecule has 12 heavy (non-hydrogen) atoms. The number of hydrogen-bond acceptors (Lipinski definition) is 3. The number of nitrogens with zero attached hydrogens (tertiary/aromatic N) is 4. The van der Waals surface area contributed by atoms with Crippen molar-refractivity contribution in [3.8, 4) is 6.07 Å². The van der Waals surface area contributed by atoms with E-state index in [1.807, 2.05) is 6.07 Å². The summed E-state index contributed by atoms with van der Waals surface area (Å²) in [6.45, 7) is 0. The lowest BCUT2D eigenvalue weighted by Gasteiger charge is -1.87. The smallest absolute Gasteiger partial charge is 0.174 e. The first-order chi connectivity index (χ1) is 5.83. The highest BCUT2D eigenvalue weighted by atomic mass is 35.5. The van der Waals surface area contributed by atoms with Gasteiger partial charge in [-0.25, -0.2) is 9.50 Å². The molecular formula is C7H3ClN4. The molecule has 0 radical (unpaired) electrons. The van der Waals surface area contributed by atoms with Crippen LogP contribution in [0.5, 0.6) is 0 Å². The Bertz CT molecular complexity index is 468. The molecule has 0 unspecified atom stereocenters. The number of halogens is 1. The van der Waals surface area contributed by atoms with Gasteiger partial charge in [0.25, 0.3) is 0 Å². The van der Waals surface area contributed by atoms with E-state index < -0.39 is 0 Å². The van der Waals surface area contributed by atoms with Gasteiger partial charge in [-0.3, -0.25) is 0 Å². The second-order valence-electron chi connectivity index (χ2n) is 2.17. The van der Waals surface area contributed by atoms with E-state index in [2.05, 4.69) is 10.1 Å². The molecule has 2 aromatic rings. The Labute approximate surface area is 73.0 Å². The summed E-state index contributed by atoms with van der Waals surface area (Å²) in [7, 11) is 0. The highest BCUT2D eigenvalue weighted by molar-refractivity contribution is 6.31.